The number of para-hydroxylation sites is 2. The molecule has 0 spiro atoms. The van der Waals surface area contributed by atoms with Crippen molar-refractivity contribution in [2.75, 3.05) is 18.0 Å². The second kappa shape index (κ2) is 25.8. The van der Waals surface area contributed by atoms with E-state index >= 15 is 0 Å². The third-order valence-electron chi connectivity index (χ3n) is 14.6. The Hall–Kier alpha value is -3.40. The monoisotopic (exact) mass is 845 g/mol. The summed E-state index contributed by atoms with van der Waals surface area (Å²) in [6.07, 6.45) is 41.4. The van der Waals surface area contributed by atoms with Crippen molar-refractivity contribution in [2.24, 2.45) is 0 Å². The molecule has 2 aromatic carbocycles. The molecule has 0 aromatic heterocycles. The number of hydrogen-bond donors (Lipinski definition) is 0. The average molecular weight is 845 g/mol. The van der Waals surface area contributed by atoms with Crippen molar-refractivity contribution >= 4 is 22.9 Å². The zero-order chi connectivity index (χ0) is 44.2. The topological polar surface area (TPSA) is 46.4 Å². The van der Waals surface area contributed by atoms with Gasteiger partial charge in [-0.3, -0.25) is 4.79 Å². The van der Waals surface area contributed by atoms with Gasteiger partial charge in [0.2, 0.25) is 5.69 Å². The number of fused-ring (bicyclic) bond motifs is 2. The van der Waals surface area contributed by atoms with Gasteiger partial charge < -0.3 is 10.0 Å². The Morgan fingerprint density at radius 1 is 0.532 bits per heavy atom. The number of anilines is 1. The van der Waals surface area contributed by atoms with Crippen LogP contribution in [-0.4, -0.2) is 29.2 Å². The SMILES string of the molecule is CCCCCCCCCCCCCCCCN1/C(=C/C2=C([O-])C(=C/C3=[N+](CCCCCCCCCCCCCCCC)c4ccccc4C3(C)C)/C2=O)C(C)(C)c2ccccc21. The molecular formula is C58H88N2O2. The van der Waals surface area contributed by atoms with Gasteiger partial charge in [-0.2, -0.15) is 4.58 Å². The van der Waals surface area contributed by atoms with Gasteiger partial charge in [0.15, 0.2) is 11.5 Å². The number of allylic oxidation sites excluding steroid dienone is 5. The van der Waals surface area contributed by atoms with Crippen LogP contribution < -0.4 is 10.0 Å². The molecule has 0 saturated carbocycles. The van der Waals surface area contributed by atoms with Gasteiger partial charge in [0, 0.05) is 58.6 Å². The Bertz CT molecular complexity index is 1820. The van der Waals surface area contributed by atoms with Gasteiger partial charge in [0.1, 0.15) is 6.54 Å². The van der Waals surface area contributed by atoms with E-state index in [2.05, 4.69) is 99.5 Å². The molecule has 1 aliphatic carbocycles. The maximum absolute atomic E-state index is 14.1. The molecule has 0 amide bonds. The van der Waals surface area contributed by atoms with Gasteiger partial charge in [0.25, 0.3) is 0 Å². The number of rotatable bonds is 32. The third-order valence-corrected chi connectivity index (χ3v) is 14.6. The molecule has 0 atom stereocenters. The Kier molecular flexibility index (Phi) is 20.6. The fraction of sp³-hybridized carbons (Fsp3) is 0.655. The minimum Gasteiger partial charge on any atom is -0.871 e. The van der Waals surface area contributed by atoms with E-state index in [1.165, 1.54) is 189 Å². The Morgan fingerprint density at radius 2 is 0.968 bits per heavy atom. The number of nitrogens with zero attached hydrogens (tertiary/aromatic N) is 2. The second-order valence-corrected chi connectivity index (χ2v) is 20.3. The van der Waals surface area contributed by atoms with E-state index in [0.29, 0.717) is 11.1 Å². The predicted octanol–water partition coefficient (Wildman–Crippen LogP) is 15.8. The number of ketones is 1. The predicted molar refractivity (Wildman–Crippen MR) is 265 cm³/mol. The third kappa shape index (κ3) is 13.3. The van der Waals surface area contributed by atoms with Crippen molar-refractivity contribution in [3.05, 3.63) is 94.4 Å². The van der Waals surface area contributed by atoms with E-state index in [1.54, 1.807) is 0 Å². The lowest BCUT2D eigenvalue weighted by Crippen LogP contribution is -2.35. The van der Waals surface area contributed by atoms with E-state index in [9.17, 15) is 9.90 Å². The highest BCUT2D eigenvalue weighted by atomic mass is 16.3. The maximum atomic E-state index is 14.1. The van der Waals surface area contributed by atoms with Crippen molar-refractivity contribution < 1.29 is 14.5 Å². The molecule has 4 nitrogen and oxygen atoms in total. The standard InChI is InChI=1S/C58H88N2O2/c1-7-9-11-13-15-17-19-21-23-25-27-29-31-37-43-59-51-41-35-33-39-49(51)57(3,4)53(59)45-47-55(61)48(56(47)62)46-54-58(5,6)50-40-34-36-42-52(50)60(54)44-38-32-30-28-26-24-22-20-18-16-14-12-10-8-2/h33-36,39-42,45-46H,7-32,37-38,43-44H2,1-6H3. The van der Waals surface area contributed by atoms with Crippen molar-refractivity contribution in [1.82, 2.24) is 0 Å². The van der Waals surface area contributed by atoms with Crippen molar-refractivity contribution in [1.29, 1.82) is 0 Å². The molecule has 2 aromatic rings. The Morgan fingerprint density at radius 3 is 1.47 bits per heavy atom. The van der Waals surface area contributed by atoms with E-state index < -0.39 is 0 Å². The van der Waals surface area contributed by atoms with Crippen LogP contribution in [0, 0.1) is 0 Å². The number of carbonyl (C=O) groups excluding carboxylic acids is 1. The lowest BCUT2D eigenvalue weighted by molar-refractivity contribution is -0.438. The zero-order valence-electron chi connectivity index (χ0n) is 40.7. The highest BCUT2D eigenvalue weighted by Gasteiger charge is 2.46. The Balaban J connectivity index is 1.17. The summed E-state index contributed by atoms with van der Waals surface area (Å²) in [6.45, 7) is 15.4. The normalized spacial score (nSPS) is 17.8. The molecule has 0 bridgehead atoms. The van der Waals surface area contributed by atoms with E-state index in [-0.39, 0.29) is 22.4 Å². The first-order chi connectivity index (χ1) is 30.1. The smallest absolute Gasteiger partial charge is 0.209 e. The summed E-state index contributed by atoms with van der Waals surface area (Å²) in [5, 5.41) is 14.1. The molecule has 4 heteroatoms. The molecule has 0 radical (unpaired) electrons. The van der Waals surface area contributed by atoms with Crippen molar-refractivity contribution in [2.45, 2.75) is 232 Å². The molecule has 0 fully saturated rings. The summed E-state index contributed by atoms with van der Waals surface area (Å²) in [5.74, 6) is -0.220. The highest BCUT2D eigenvalue weighted by Crippen LogP contribution is 2.49. The van der Waals surface area contributed by atoms with Crippen LogP contribution in [0.5, 0.6) is 0 Å². The van der Waals surface area contributed by atoms with Crippen LogP contribution in [-0.2, 0) is 15.6 Å². The van der Waals surface area contributed by atoms with Gasteiger partial charge >= 0.3 is 0 Å². The van der Waals surface area contributed by atoms with Crippen LogP contribution in [0.3, 0.4) is 0 Å². The first-order valence-corrected chi connectivity index (χ1v) is 26.2. The minimum atomic E-state index is -0.298. The summed E-state index contributed by atoms with van der Waals surface area (Å²) in [6, 6.07) is 17.3. The second-order valence-electron chi connectivity index (χ2n) is 20.3. The van der Waals surface area contributed by atoms with Gasteiger partial charge in [0.05, 0.1) is 5.41 Å². The maximum Gasteiger partial charge on any atom is 0.209 e. The summed E-state index contributed by atoms with van der Waals surface area (Å²) in [4.78, 5) is 16.5. The molecule has 2 aliphatic heterocycles. The van der Waals surface area contributed by atoms with Gasteiger partial charge in [-0.25, -0.2) is 0 Å². The number of hydrogen-bond acceptors (Lipinski definition) is 3. The fourth-order valence-corrected chi connectivity index (χ4v) is 10.6. The lowest BCUT2D eigenvalue weighted by atomic mass is 9.77. The van der Waals surface area contributed by atoms with Crippen LogP contribution in [0.25, 0.3) is 0 Å². The number of carbonyl (C=O) groups is 1. The molecule has 3 aliphatic rings. The molecule has 342 valence electrons. The van der Waals surface area contributed by atoms with Gasteiger partial charge in [-0.05, 0) is 44.4 Å². The Labute approximate surface area is 380 Å². The lowest BCUT2D eigenvalue weighted by Gasteiger charge is -2.33. The fourth-order valence-electron chi connectivity index (χ4n) is 10.6. The number of Topliss-reactive ketones (excluding diaryl/α,β-unsaturated/α-hetero) is 1. The average Bonchev–Trinajstić information content (AvgIpc) is 3.62. The molecule has 0 saturated heterocycles. The zero-order valence-corrected chi connectivity index (χ0v) is 40.7. The molecular weight excluding hydrogens is 757 g/mol. The number of unbranched alkanes of at least 4 members (excludes halogenated alkanes) is 26. The summed E-state index contributed by atoms with van der Waals surface area (Å²) >= 11 is 0. The van der Waals surface area contributed by atoms with Crippen molar-refractivity contribution in [3.8, 4) is 0 Å². The number of benzene rings is 2. The van der Waals surface area contributed by atoms with Crippen LogP contribution in [0.1, 0.15) is 232 Å². The van der Waals surface area contributed by atoms with Gasteiger partial charge in [-0.15, -0.1) is 0 Å². The molecule has 0 N–H and O–H groups in total. The molecule has 5 rings (SSSR count). The van der Waals surface area contributed by atoms with E-state index in [1.807, 2.05) is 12.2 Å². The summed E-state index contributed by atoms with van der Waals surface area (Å²) < 4.78 is 2.41. The highest BCUT2D eigenvalue weighted by molar-refractivity contribution is 6.24. The first-order valence-electron chi connectivity index (χ1n) is 26.2. The van der Waals surface area contributed by atoms with E-state index in [4.69, 9.17) is 0 Å². The van der Waals surface area contributed by atoms with Crippen LogP contribution in [0.15, 0.2) is 83.3 Å². The summed E-state index contributed by atoms with van der Waals surface area (Å²) in [7, 11) is 0. The largest absolute Gasteiger partial charge is 0.871 e. The summed E-state index contributed by atoms with van der Waals surface area (Å²) in [5.41, 5.74) is 7.20. The quantitative estimate of drug-likeness (QED) is 0.0419. The van der Waals surface area contributed by atoms with Crippen molar-refractivity contribution in [3.63, 3.8) is 0 Å². The molecule has 0 unspecified atom stereocenters. The first kappa shape index (κ1) is 49.6. The minimum absolute atomic E-state index is 0.110. The van der Waals surface area contributed by atoms with Crippen LogP contribution in [0.2, 0.25) is 0 Å². The van der Waals surface area contributed by atoms with Crippen LogP contribution >= 0.6 is 0 Å². The van der Waals surface area contributed by atoms with E-state index in [0.717, 1.165) is 37.3 Å². The molecule has 62 heavy (non-hydrogen) atoms. The van der Waals surface area contributed by atoms with Crippen LogP contribution in [0.4, 0.5) is 11.4 Å². The molecule has 2 heterocycles. The van der Waals surface area contributed by atoms with Gasteiger partial charge in [-0.1, -0.05) is 230 Å².